The first-order chi connectivity index (χ1) is 23.8. The fourth-order valence-corrected chi connectivity index (χ4v) is 7.06. The van der Waals surface area contributed by atoms with Gasteiger partial charge in [-0.15, -0.1) is 12.4 Å². The minimum atomic E-state index is -4.36. The molecular weight excluding hydrogens is 727 g/mol. The summed E-state index contributed by atoms with van der Waals surface area (Å²) in [5, 5.41) is 9.37. The minimum Gasteiger partial charge on any atom is -0.478 e. The molecule has 3 aromatic rings. The average molecular weight is 770 g/mol. The first-order valence-electron chi connectivity index (χ1n) is 16.5. The van der Waals surface area contributed by atoms with Gasteiger partial charge in [-0.1, -0.05) is 24.3 Å². The van der Waals surface area contributed by atoms with Crippen molar-refractivity contribution in [3.8, 4) is 17.1 Å². The molecule has 0 radical (unpaired) electrons. The molecule has 12 nitrogen and oxygen atoms in total. The van der Waals surface area contributed by atoms with E-state index in [9.17, 15) is 36.3 Å². The second-order valence-corrected chi connectivity index (χ2v) is 15.8. The molecule has 2 aliphatic rings. The molecule has 1 unspecified atom stereocenters. The molecule has 1 amide bonds. The van der Waals surface area contributed by atoms with Crippen molar-refractivity contribution in [2.75, 3.05) is 37.5 Å². The third kappa shape index (κ3) is 9.63. The van der Waals surface area contributed by atoms with Crippen LogP contribution in [-0.4, -0.2) is 96.0 Å². The standard InChI is InChI=1S/C35H42F3N5O7S.ClH/c1-22-8-6-9-23(2)29(22)27-19-28(40-31(39-27)41-51(47,48)26-11-7-10-24(18-26)30(44)45)49-21-25-20-42(15-14-34(12-13-34)35(36,37)38)16-17-43(25)32(46)50-33(3,4)5;/h6-11,18-19,25H,12-17,20-21H2,1-5H3,(H,44,45)(H,39,40,41);1H. The van der Waals surface area contributed by atoms with E-state index < -0.39 is 45.3 Å². The van der Waals surface area contributed by atoms with Crippen molar-refractivity contribution in [3.63, 3.8) is 0 Å². The lowest BCUT2D eigenvalue weighted by Crippen LogP contribution is -2.58. The normalized spacial score (nSPS) is 17.5. The maximum absolute atomic E-state index is 13.7. The van der Waals surface area contributed by atoms with Gasteiger partial charge in [-0.2, -0.15) is 18.2 Å². The molecule has 284 valence electrons. The Bertz CT molecular complexity index is 1880. The summed E-state index contributed by atoms with van der Waals surface area (Å²) >= 11 is 0. The number of amides is 1. The quantitative estimate of drug-likeness (QED) is 0.215. The fraction of sp³-hybridized carbons (Fsp3) is 0.486. The van der Waals surface area contributed by atoms with Crippen molar-refractivity contribution in [2.45, 2.75) is 76.6 Å². The fourth-order valence-electron chi connectivity index (χ4n) is 6.07. The van der Waals surface area contributed by atoms with Crippen LogP contribution in [-0.2, 0) is 14.8 Å². The molecule has 1 saturated heterocycles. The van der Waals surface area contributed by atoms with Gasteiger partial charge in [0.2, 0.25) is 11.8 Å². The summed E-state index contributed by atoms with van der Waals surface area (Å²) in [6.45, 7) is 9.73. The second kappa shape index (κ2) is 15.4. The van der Waals surface area contributed by atoms with Crippen LogP contribution in [0.3, 0.4) is 0 Å². The van der Waals surface area contributed by atoms with Crippen molar-refractivity contribution in [2.24, 2.45) is 5.41 Å². The van der Waals surface area contributed by atoms with Crippen LogP contribution in [0, 0.1) is 19.3 Å². The number of piperazine rings is 1. The van der Waals surface area contributed by atoms with Gasteiger partial charge >= 0.3 is 18.2 Å². The van der Waals surface area contributed by atoms with E-state index in [1.807, 2.05) is 36.9 Å². The highest BCUT2D eigenvalue weighted by Crippen LogP contribution is 2.60. The number of ether oxygens (including phenoxy) is 2. The number of nitrogens with zero attached hydrogens (tertiary/aromatic N) is 4. The molecule has 5 rings (SSSR count). The zero-order valence-electron chi connectivity index (χ0n) is 29.5. The van der Waals surface area contributed by atoms with Gasteiger partial charge < -0.3 is 14.6 Å². The number of rotatable bonds is 11. The van der Waals surface area contributed by atoms with Crippen LogP contribution in [0.25, 0.3) is 11.3 Å². The maximum atomic E-state index is 13.7. The number of carboxylic acid groups (broad SMARTS) is 1. The average Bonchev–Trinajstić information content (AvgIpc) is 3.83. The molecule has 0 spiro atoms. The number of sulfonamides is 1. The molecule has 2 N–H and O–H groups in total. The van der Waals surface area contributed by atoms with Gasteiger partial charge in [0.15, 0.2) is 0 Å². The highest BCUT2D eigenvalue weighted by atomic mass is 35.5. The lowest BCUT2D eigenvalue weighted by atomic mass is 10.00. The SMILES string of the molecule is Cc1cccc(C)c1-c1cc(OCC2CN(CCC3(C(F)(F)F)CC3)CCN2C(=O)OC(C)(C)C)nc(NS(=O)(=O)c2cccc(C(=O)O)c2)n1.Cl. The largest absolute Gasteiger partial charge is 0.478 e. The molecular formula is C35H43ClF3N5O7S. The second-order valence-electron chi connectivity index (χ2n) is 14.1. The highest BCUT2D eigenvalue weighted by Gasteiger charge is 2.62. The van der Waals surface area contributed by atoms with E-state index in [0.717, 1.165) is 17.2 Å². The first-order valence-corrected chi connectivity index (χ1v) is 18.0. The molecule has 1 aromatic heterocycles. The van der Waals surface area contributed by atoms with Gasteiger partial charge in [-0.05, 0) is 89.8 Å². The summed E-state index contributed by atoms with van der Waals surface area (Å²) in [4.78, 5) is 36.6. The third-order valence-electron chi connectivity index (χ3n) is 9.04. The van der Waals surface area contributed by atoms with Crippen LogP contribution in [0.15, 0.2) is 53.4 Å². The number of carbonyl (C=O) groups is 2. The number of hydrogen-bond donors (Lipinski definition) is 2. The van der Waals surface area contributed by atoms with E-state index in [2.05, 4.69) is 14.7 Å². The molecule has 2 heterocycles. The predicted molar refractivity (Wildman–Crippen MR) is 189 cm³/mol. The monoisotopic (exact) mass is 769 g/mol. The van der Waals surface area contributed by atoms with Crippen molar-refractivity contribution in [3.05, 3.63) is 65.2 Å². The summed E-state index contributed by atoms with van der Waals surface area (Å²) in [7, 11) is -4.36. The molecule has 2 aromatic carbocycles. The Hall–Kier alpha value is -4.15. The molecule has 1 atom stereocenters. The van der Waals surface area contributed by atoms with E-state index in [1.165, 1.54) is 29.2 Å². The lowest BCUT2D eigenvalue weighted by molar-refractivity contribution is -0.190. The van der Waals surface area contributed by atoms with E-state index >= 15 is 0 Å². The number of benzene rings is 2. The summed E-state index contributed by atoms with van der Waals surface area (Å²) in [5.41, 5.74) is 0.0371. The Balaban J connectivity index is 0.00000605. The number of aryl methyl sites for hydroxylation is 2. The number of aromatic nitrogens is 2. The first kappa shape index (κ1) is 40.6. The zero-order chi connectivity index (χ0) is 37.4. The maximum Gasteiger partial charge on any atom is 0.410 e. The molecule has 1 aliphatic carbocycles. The summed E-state index contributed by atoms with van der Waals surface area (Å²) in [5.74, 6) is -1.68. The van der Waals surface area contributed by atoms with Gasteiger partial charge in [-0.3, -0.25) is 9.80 Å². The Morgan fingerprint density at radius 2 is 1.67 bits per heavy atom. The molecule has 2 fully saturated rings. The van der Waals surface area contributed by atoms with Gasteiger partial charge in [0, 0.05) is 31.3 Å². The number of carbonyl (C=O) groups excluding carboxylic acids is 1. The molecule has 0 bridgehead atoms. The van der Waals surface area contributed by atoms with Crippen LogP contribution in [0.2, 0.25) is 0 Å². The van der Waals surface area contributed by atoms with Crippen LogP contribution in [0.1, 0.15) is 61.5 Å². The van der Waals surface area contributed by atoms with E-state index in [-0.39, 0.29) is 80.2 Å². The van der Waals surface area contributed by atoms with Gasteiger partial charge in [0.05, 0.1) is 27.6 Å². The number of hydrogen-bond acceptors (Lipinski definition) is 9. The van der Waals surface area contributed by atoms with Crippen molar-refractivity contribution in [1.29, 1.82) is 0 Å². The Labute approximate surface area is 307 Å². The third-order valence-corrected chi connectivity index (χ3v) is 10.4. The van der Waals surface area contributed by atoms with Crippen LogP contribution < -0.4 is 9.46 Å². The molecule has 1 saturated carbocycles. The van der Waals surface area contributed by atoms with E-state index in [4.69, 9.17) is 9.47 Å². The van der Waals surface area contributed by atoms with Crippen molar-refractivity contribution in [1.82, 2.24) is 19.8 Å². The summed E-state index contributed by atoms with van der Waals surface area (Å²) in [6.07, 6.45) is -4.70. The lowest BCUT2D eigenvalue weighted by Gasteiger charge is -2.41. The number of aromatic carboxylic acids is 1. The van der Waals surface area contributed by atoms with Gasteiger partial charge in [0.25, 0.3) is 10.0 Å². The smallest absolute Gasteiger partial charge is 0.410 e. The van der Waals surface area contributed by atoms with Crippen LogP contribution >= 0.6 is 12.4 Å². The Morgan fingerprint density at radius 3 is 2.27 bits per heavy atom. The number of carboxylic acids is 1. The number of halogens is 4. The minimum absolute atomic E-state index is 0. The molecule has 17 heteroatoms. The number of anilines is 1. The summed E-state index contributed by atoms with van der Waals surface area (Å²) in [6, 6.07) is 11.3. The topological polar surface area (TPSA) is 151 Å². The Morgan fingerprint density at radius 1 is 1.02 bits per heavy atom. The molecule has 52 heavy (non-hydrogen) atoms. The zero-order valence-corrected chi connectivity index (χ0v) is 31.1. The van der Waals surface area contributed by atoms with E-state index in [0.29, 0.717) is 17.8 Å². The van der Waals surface area contributed by atoms with Crippen LogP contribution in [0.5, 0.6) is 5.88 Å². The Kier molecular flexibility index (Phi) is 12.1. The predicted octanol–water partition coefficient (Wildman–Crippen LogP) is 6.71. The van der Waals surface area contributed by atoms with Crippen molar-refractivity contribution >= 4 is 40.4 Å². The number of alkyl halides is 3. The molecule has 1 aliphatic heterocycles. The van der Waals surface area contributed by atoms with Crippen molar-refractivity contribution < 1.29 is 45.8 Å². The van der Waals surface area contributed by atoms with Crippen LogP contribution in [0.4, 0.5) is 23.9 Å². The highest BCUT2D eigenvalue weighted by molar-refractivity contribution is 7.92. The van der Waals surface area contributed by atoms with E-state index in [1.54, 1.807) is 20.8 Å². The summed E-state index contributed by atoms with van der Waals surface area (Å²) < 4.78 is 81.9. The number of nitrogens with one attached hydrogen (secondary N) is 1. The van der Waals surface area contributed by atoms with Gasteiger partial charge in [-0.25, -0.2) is 27.7 Å². The van der Waals surface area contributed by atoms with Gasteiger partial charge in [0.1, 0.15) is 12.2 Å².